The molecule has 13 heavy (non-hydrogen) atoms. The third-order valence-electron chi connectivity index (χ3n) is 2.74. The lowest BCUT2D eigenvalue weighted by molar-refractivity contribution is -0.0526. The van der Waals surface area contributed by atoms with Crippen molar-refractivity contribution in [2.45, 2.75) is 44.1 Å². The number of terminal acetylenes is 1. The Morgan fingerprint density at radius 1 is 1.38 bits per heavy atom. The lowest BCUT2D eigenvalue weighted by atomic mass is 9.82. The summed E-state index contributed by atoms with van der Waals surface area (Å²) in [6.45, 7) is 4.21. The first kappa shape index (κ1) is 10.3. The zero-order chi connectivity index (χ0) is 9.57. The Morgan fingerprint density at radius 3 is 2.62 bits per heavy atom. The first-order chi connectivity index (χ1) is 6.33. The summed E-state index contributed by atoms with van der Waals surface area (Å²) in [5.74, 6) is 2.54. The van der Waals surface area contributed by atoms with E-state index in [0.717, 1.165) is 19.3 Å². The van der Waals surface area contributed by atoms with Gasteiger partial charge in [0.15, 0.2) is 0 Å². The second-order valence-corrected chi connectivity index (χ2v) is 3.73. The van der Waals surface area contributed by atoms with Crippen molar-refractivity contribution in [1.29, 1.82) is 0 Å². The van der Waals surface area contributed by atoms with E-state index in [2.05, 4.69) is 12.5 Å². The van der Waals surface area contributed by atoms with Crippen molar-refractivity contribution in [3.05, 3.63) is 12.7 Å². The monoisotopic (exact) mass is 178 g/mol. The van der Waals surface area contributed by atoms with Crippen molar-refractivity contribution >= 4 is 0 Å². The van der Waals surface area contributed by atoms with Crippen LogP contribution in [0.5, 0.6) is 0 Å². The second kappa shape index (κ2) is 5.09. The number of hydrogen-bond donors (Lipinski definition) is 0. The smallest absolute Gasteiger partial charge is 0.108 e. The van der Waals surface area contributed by atoms with Gasteiger partial charge >= 0.3 is 0 Å². The van der Waals surface area contributed by atoms with E-state index in [0.29, 0.717) is 6.61 Å². The standard InChI is InChI=1S/C12H18O/c1-3-8-12(13-11-4-2)9-6-5-7-10-12/h2-3H,1,5-11H2. The van der Waals surface area contributed by atoms with Gasteiger partial charge in [0.25, 0.3) is 0 Å². The summed E-state index contributed by atoms with van der Waals surface area (Å²) < 4.78 is 5.75. The molecule has 1 heteroatoms. The fourth-order valence-corrected chi connectivity index (χ4v) is 2.06. The summed E-state index contributed by atoms with van der Waals surface area (Å²) in [5.41, 5.74) is 0.0202. The number of ether oxygens (including phenoxy) is 1. The van der Waals surface area contributed by atoms with Crippen molar-refractivity contribution in [2.24, 2.45) is 0 Å². The molecule has 0 heterocycles. The van der Waals surface area contributed by atoms with Crippen LogP contribution in [0.15, 0.2) is 12.7 Å². The summed E-state index contributed by atoms with van der Waals surface area (Å²) in [6, 6.07) is 0. The van der Waals surface area contributed by atoms with E-state index in [-0.39, 0.29) is 5.60 Å². The minimum atomic E-state index is 0.0202. The van der Waals surface area contributed by atoms with Crippen LogP contribution in [0.4, 0.5) is 0 Å². The van der Waals surface area contributed by atoms with Crippen LogP contribution >= 0.6 is 0 Å². The van der Waals surface area contributed by atoms with E-state index in [1.807, 2.05) is 6.08 Å². The summed E-state index contributed by atoms with van der Waals surface area (Å²) in [5, 5.41) is 0. The molecular formula is C12H18O. The minimum absolute atomic E-state index is 0.0202. The number of rotatable bonds is 4. The summed E-state index contributed by atoms with van der Waals surface area (Å²) in [6.07, 6.45) is 14.2. The molecule has 0 aromatic heterocycles. The van der Waals surface area contributed by atoms with Crippen molar-refractivity contribution in [3.8, 4) is 12.3 Å². The van der Waals surface area contributed by atoms with Crippen molar-refractivity contribution in [3.63, 3.8) is 0 Å². The molecular weight excluding hydrogens is 160 g/mol. The van der Waals surface area contributed by atoms with E-state index in [4.69, 9.17) is 11.2 Å². The van der Waals surface area contributed by atoms with Crippen LogP contribution in [0.2, 0.25) is 0 Å². The maximum absolute atomic E-state index is 5.75. The topological polar surface area (TPSA) is 9.23 Å². The fourth-order valence-electron chi connectivity index (χ4n) is 2.06. The van der Waals surface area contributed by atoms with E-state index in [1.54, 1.807) is 0 Å². The van der Waals surface area contributed by atoms with Crippen molar-refractivity contribution in [1.82, 2.24) is 0 Å². The Bertz CT molecular complexity index is 194. The second-order valence-electron chi connectivity index (χ2n) is 3.73. The van der Waals surface area contributed by atoms with Crippen LogP contribution in [-0.2, 0) is 4.74 Å². The SMILES string of the molecule is C#CCOC1(CC=C)CCCCC1. The van der Waals surface area contributed by atoms with Crippen molar-refractivity contribution in [2.75, 3.05) is 6.61 Å². The average molecular weight is 178 g/mol. The van der Waals surface area contributed by atoms with Gasteiger partial charge in [0.05, 0.1) is 5.60 Å². The van der Waals surface area contributed by atoms with Gasteiger partial charge in [0.1, 0.15) is 6.61 Å². The quantitative estimate of drug-likeness (QED) is 0.475. The van der Waals surface area contributed by atoms with Crippen LogP contribution < -0.4 is 0 Å². The van der Waals surface area contributed by atoms with Crippen LogP contribution in [-0.4, -0.2) is 12.2 Å². The molecule has 0 aromatic carbocycles. The first-order valence-corrected chi connectivity index (χ1v) is 5.01. The molecule has 0 aromatic rings. The molecule has 1 aliphatic carbocycles. The van der Waals surface area contributed by atoms with Gasteiger partial charge in [-0.15, -0.1) is 13.0 Å². The summed E-state index contributed by atoms with van der Waals surface area (Å²) >= 11 is 0. The largest absolute Gasteiger partial charge is 0.362 e. The molecule has 0 atom stereocenters. The predicted octanol–water partition coefficient (Wildman–Crippen LogP) is 2.92. The third-order valence-corrected chi connectivity index (χ3v) is 2.74. The Labute approximate surface area is 81.2 Å². The normalized spacial score (nSPS) is 20.5. The van der Waals surface area contributed by atoms with Gasteiger partial charge in [0.2, 0.25) is 0 Å². The van der Waals surface area contributed by atoms with Gasteiger partial charge in [-0.1, -0.05) is 31.3 Å². The molecule has 1 nitrogen and oxygen atoms in total. The number of hydrogen-bond acceptors (Lipinski definition) is 1. The molecule has 0 unspecified atom stereocenters. The maximum Gasteiger partial charge on any atom is 0.108 e. The highest BCUT2D eigenvalue weighted by Crippen LogP contribution is 2.34. The molecule has 0 saturated heterocycles. The molecule has 0 spiro atoms. The van der Waals surface area contributed by atoms with Crippen LogP contribution in [0.3, 0.4) is 0 Å². The van der Waals surface area contributed by atoms with Crippen LogP contribution in [0.1, 0.15) is 38.5 Å². The van der Waals surface area contributed by atoms with Gasteiger partial charge in [-0.25, -0.2) is 0 Å². The Balaban J connectivity index is 2.51. The van der Waals surface area contributed by atoms with E-state index < -0.39 is 0 Å². The molecule has 0 N–H and O–H groups in total. The van der Waals surface area contributed by atoms with Gasteiger partial charge < -0.3 is 4.74 Å². The van der Waals surface area contributed by atoms with Gasteiger partial charge in [-0.2, -0.15) is 0 Å². The first-order valence-electron chi connectivity index (χ1n) is 5.01. The maximum atomic E-state index is 5.75. The van der Waals surface area contributed by atoms with Crippen LogP contribution in [0.25, 0.3) is 0 Å². The molecule has 1 aliphatic rings. The van der Waals surface area contributed by atoms with Gasteiger partial charge in [0, 0.05) is 0 Å². The average Bonchev–Trinajstić information content (AvgIpc) is 2.17. The molecule has 1 fully saturated rings. The Kier molecular flexibility index (Phi) is 4.05. The molecule has 1 saturated carbocycles. The van der Waals surface area contributed by atoms with Gasteiger partial charge in [-0.05, 0) is 19.3 Å². The molecule has 72 valence electrons. The van der Waals surface area contributed by atoms with E-state index in [9.17, 15) is 0 Å². The molecule has 0 amide bonds. The Morgan fingerprint density at radius 2 is 2.08 bits per heavy atom. The van der Waals surface area contributed by atoms with Crippen molar-refractivity contribution < 1.29 is 4.74 Å². The van der Waals surface area contributed by atoms with Crippen LogP contribution in [0, 0.1) is 12.3 Å². The fraction of sp³-hybridized carbons (Fsp3) is 0.667. The summed E-state index contributed by atoms with van der Waals surface area (Å²) in [4.78, 5) is 0. The Hall–Kier alpha value is -0.740. The predicted molar refractivity (Wildman–Crippen MR) is 55.4 cm³/mol. The third kappa shape index (κ3) is 2.90. The zero-order valence-electron chi connectivity index (χ0n) is 8.22. The molecule has 0 radical (unpaired) electrons. The molecule has 0 bridgehead atoms. The minimum Gasteiger partial charge on any atom is -0.362 e. The highest BCUT2D eigenvalue weighted by Gasteiger charge is 2.31. The van der Waals surface area contributed by atoms with E-state index in [1.165, 1.54) is 19.3 Å². The van der Waals surface area contributed by atoms with Gasteiger partial charge in [-0.3, -0.25) is 0 Å². The summed E-state index contributed by atoms with van der Waals surface area (Å²) in [7, 11) is 0. The molecule has 1 rings (SSSR count). The lowest BCUT2D eigenvalue weighted by Gasteiger charge is -2.35. The zero-order valence-corrected chi connectivity index (χ0v) is 8.22. The highest BCUT2D eigenvalue weighted by atomic mass is 16.5. The molecule has 0 aliphatic heterocycles. The van der Waals surface area contributed by atoms with E-state index >= 15 is 0 Å². The highest BCUT2D eigenvalue weighted by molar-refractivity contribution is 4.93. The lowest BCUT2D eigenvalue weighted by Crippen LogP contribution is -2.34.